The van der Waals surface area contributed by atoms with Gasteiger partial charge in [-0.15, -0.1) is 10.2 Å². The van der Waals surface area contributed by atoms with Crippen molar-refractivity contribution in [2.24, 2.45) is 0 Å². The number of nitrogens with zero attached hydrogens (tertiary/aromatic N) is 2. The van der Waals surface area contributed by atoms with Crippen LogP contribution >= 0.6 is 0 Å². The molecule has 0 radical (unpaired) electrons. The number of hydrogen-bond donors (Lipinski definition) is 2. The molecule has 1 rings (SSSR count). The zero-order valence-electron chi connectivity index (χ0n) is 7.20. The van der Waals surface area contributed by atoms with Crippen molar-refractivity contribution >= 4 is 11.4 Å². The van der Waals surface area contributed by atoms with Crippen LogP contribution in [0.25, 0.3) is 5.57 Å². The summed E-state index contributed by atoms with van der Waals surface area (Å²) < 4.78 is 0. The van der Waals surface area contributed by atoms with Crippen LogP contribution in [0.3, 0.4) is 0 Å². The second-order valence-corrected chi connectivity index (χ2v) is 2.46. The van der Waals surface area contributed by atoms with Gasteiger partial charge in [-0.05, 0) is 24.6 Å². The molecule has 1 aromatic heterocycles. The predicted octanol–water partition coefficient (Wildman–Crippen LogP) is 0.639. The Kier molecular flexibility index (Phi) is 2.63. The fourth-order valence-electron chi connectivity index (χ4n) is 0.843. The fourth-order valence-corrected chi connectivity index (χ4v) is 0.843. The van der Waals surface area contributed by atoms with E-state index in [-0.39, 0.29) is 0 Å². The summed E-state index contributed by atoms with van der Waals surface area (Å²) in [4.78, 5) is 0. The largest absolute Gasteiger partial charge is 0.394 e. The van der Waals surface area contributed by atoms with E-state index in [1.807, 2.05) is 26.2 Å². The van der Waals surface area contributed by atoms with Gasteiger partial charge in [0.2, 0.25) is 0 Å². The first kappa shape index (κ1) is 8.52. The normalized spacial score (nSPS) is 11.3. The number of allylic oxidation sites excluding steroid dienone is 1. The van der Waals surface area contributed by atoms with E-state index in [2.05, 4.69) is 15.5 Å². The quantitative estimate of drug-likeness (QED) is 0.673. The van der Waals surface area contributed by atoms with E-state index in [1.54, 1.807) is 6.07 Å². The lowest BCUT2D eigenvalue weighted by atomic mass is 10.2. The van der Waals surface area contributed by atoms with Crippen LogP contribution in [0.4, 0.5) is 5.82 Å². The lowest BCUT2D eigenvalue weighted by molar-refractivity contribution is 1.01. The summed E-state index contributed by atoms with van der Waals surface area (Å²) in [5.41, 5.74) is 7.26. The molecule has 12 heavy (non-hydrogen) atoms. The van der Waals surface area contributed by atoms with Crippen molar-refractivity contribution in [2.75, 3.05) is 12.8 Å². The number of nitrogen functional groups attached to an aromatic ring is 1. The average molecular weight is 164 g/mol. The number of nitrogens with one attached hydrogen (secondary N) is 1. The van der Waals surface area contributed by atoms with Gasteiger partial charge in [-0.2, -0.15) is 0 Å². The average Bonchev–Trinajstić information content (AvgIpc) is 2.06. The molecule has 0 aliphatic carbocycles. The number of aromatic nitrogens is 2. The topological polar surface area (TPSA) is 63.8 Å². The maximum Gasteiger partial charge on any atom is 0.146 e. The highest BCUT2D eigenvalue weighted by atomic mass is 15.1. The van der Waals surface area contributed by atoms with E-state index < -0.39 is 0 Å². The van der Waals surface area contributed by atoms with Crippen molar-refractivity contribution in [3.05, 3.63) is 24.0 Å². The number of nitrogens with two attached hydrogens (primary N) is 1. The summed E-state index contributed by atoms with van der Waals surface area (Å²) in [5.74, 6) is 0.441. The summed E-state index contributed by atoms with van der Waals surface area (Å²) in [6, 6.07) is 3.57. The first-order valence-electron chi connectivity index (χ1n) is 3.67. The highest BCUT2D eigenvalue weighted by molar-refractivity contribution is 5.59. The molecule has 0 atom stereocenters. The standard InChI is InChI=1S/C8H12N4/c1-6(5-10-2)7-3-4-8(9)12-11-7/h3-5,10H,1-2H3,(H2,9,12)/b6-5+. The van der Waals surface area contributed by atoms with Gasteiger partial charge in [0.15, 0.2) is 0 Å². The molecule has 0 fully saturated rings. The van der Waals surface area contributed by atoms with Crippen molar-refractivity contribution < 1.29 is 0 Å². The number of anilines is 1. The summed E-state index contributed by atoms with van der Waals surface area (Å²) >= 11 is 0. The van der Waals surface area contributed by atoms with Crippen LogP contribution in [-0.4, -0.2) is 17.2 Å². The molecule has 0 aliphatic rings. The molecule has 1 heterocycles. The summed E-state index contributed by atoms with van der Waals surface area (Å²) in [6.07, 6.45) is 1.86. The minimum atomic E-state index is 0.441. The molecule has 3 N–H and O–H groups in total. The predicted molar refractivity (Wildman–Crippen MR) is 49.2 cm³/mol. The second kappa shape index (κ2) is 3.71. The molecule has 0 aliphatic heterocycles. The van der Waals surface area contributed by atoms with E-state index in [1.165, 1.54) is 0 Å². The van der Waals surface area contributed by atoms with Crippen LogP contribution in [0.15, 0.2) is 18.3 Å². The molecule has 0 saturated carbocycles. The van der Waals surface area contributed by atoms with Crippen LogP contribution in [0.5, 0.6) is 0 Å². The van der Waals surface area contributed by atoms with Crippen LogP contribution < -0.4 is 11.1 Å². The third-order valence-corrected chi connectivity index (χ3v) is 1.45. The van der Waals surface area contributed by atoms with E-state index in [0.29, 0.717) is 5.82 Å². The molecule has 1 aromatic rings. The third kappa shape index (κ3) is 1.95. The molecule has 0 amide bonds. The first-order chi connectivity index (χ1) is 5.74. The van der Waals surface area contributed by atoms with Crippen molar-refractivity contribution in [2.45, 2.75) is 6.92 Å². The zero-order valence-corrected chi connectivity index (χ0v) is 7.20. The molecule has 0 unspecified atom stereocenters. The van der Waals surface area contributed by atoms with Crippen LogP contribution in [0, 0.1) is 0 Å². The SMILES string of the molecule is CN/C=C(\C)c1ccc(N)nn1. The zero-order chi connectivity index (χ0) is 8.97. The molecule has 0 bridgehead atoms. The Morgan fingerprint density at radius 3 is 2.75 bits per heavy atom. The lowest BCUT2D eigenvalue weighted by Gasteiger charge is -1.98. The molecular weight excluding hydrogens is 152 g/mol. The van der Waals surface area contributed by atoms with Crippen LogP contribution in [-0.2, 0) is 0 Å². The minimum Gasteiger partial charge on any atom is -0.394 e. The molecule has 0 saturated heterocycles. The Morgan fingerprint density at radius 2 is 2.25 bits per heavy atom. The van der Waals surface area contributed by atoms with E-state index in [0.717, 1.165) is 11.3 Å². The summed E-state index contributed by atoms with van der Waals surface area (Å²) in [5, 5.41) is 10.6. The Bertz CT molecular complexity index is 276. The smallest absolute Gasteiger partial charge is 0.146 e. The van der Waals surface area contributed by atoms with E-state index >= 15 is 0 Å². The van der Waals surface area contributed by atoms with Crippen molar-refractivity contribution in [1.29, 1.82) is 0 Å². The number of rotatable bonds is 2. The monoisotopic (exact) mass is 164 g/mol. The molecule has 0 aromatic carbocycles. The van der Waals surface area contributed by atoms with Gasteiger partial charge in [-0.3, -0.25) is 0 Å². The van der Waals surface area contributed by atoms with Gasteiger partial charge >= 0.3 is 0 Å². The lowest BCUT2D eigenvalue weighted by Crippen LogP contribution is -1.98. The minimum absolute atomic E-state index is 0.441. The van der Waals surface area contributed by atoms with Crippen molar-refractivity contribution in [1.82, 2.24) is 15.5 Å². The third-order valence-electron chi connectivity index (χ3n) is 1.45. The Morgan fingerprint density at radius 1 is 1.50 bits per heavy atom. The van der Waals surface area contributed by atoms with Crippen LogP contribution in [0.2, 0.25) is 0 Å². The Hall–Kier alpha value is -1.58. The van der Waals surface area contributed by atoms with Gasteiger partial charge in [0.05, 0.1) is 5.69 Å². The van der Waals surface area contributed by atoms with Gasteiger partial charge in [0.25, 0.3) is 0 Å². The molecular formula is C8H12N4. The molecule has 64 valence electrons. The van der Waals surface area contributed by atoms with E-state index in [4.69, 9.17) is 5.73 Å². The highest BCUT2D eigenvalue weighted by Crippen LogP contribution is 2.08. The fraction of sp³-hybridized carbons (Fsp3) is 0.250. The van der Waals surface area contributed by atoms with Crippen molar-refractivity contribution in [3.8, 4) is 0 Å². The number of hydrogen-bond acceptors (Lipinski definition) is 4. The molecule has 0 spiro atoms. The summed E-state index contributed by atoms with van der Waals surface area (Å²) in [7, 11) is 1.84. The van der Waals surface area contributed by atoms with Gasteiger partial charge in [-0.25, -0.2) is 0 Å². The van der Waals surface area contributed by atoms with E-state index in [9.17, 15) is 0 Å². The first-order valence-corrected chi connectivity index (χ1v) is 3.67. The van der Waals surface area contributed by atoms with Gasteiger partial charge in [0, 0.05) is 13.2 Å². The van der Waals surface area contributed by atoms with Gasteiger partial charge < -0.3 is 11.1 Å². The Labute approximate surface area is 71.5 Å². The highest BCUT2D eigenvalue weighted by Gasteiger charge is 1.96. The van der Waals surface area contributed by atoms with Gasteiger partial charge in [0.1, 0.15) is 5.82 Å². The molecule has 4 heteroatoms. The molecule has 4 nitrogen and oxygen atoms in total. The Balaban J connectivity index is 2.89. The maximum atomic E-state index is 5.39. The second-order valence-electron chi connectivity index (χ2n) is 2.46. The van der Waals surface area contributed by atoms with Crippen molar-refractivity contribution in [3.63, 3.8) is 0 Å². The van der Waals surface area contributed by atoms with Crippen LogP contribution in [0.1, 0.15) is 12.6 Å². The van der Waals surface area contributed by atoms with Gasteiger partial charge in [-0.1, -0.05) is 0 Å². The summed E-state index contributed by atoms with van der Waals surface area (Å²) in [6.45, 7) is 1.96. The maximum absolute atomic E-state index is 5.39.